The van der Waals surface area contributed by atoms with Gasteiger partial charge in [-0.15, -0.1) is 0 Å². The Morgan fingerprint density at radius 2 is 1.53 bits per heavy atom. The zero-order valence-corrected chi connectivity index (χ0v) is 20.6. The Balaban J connectivity index is 1.64. The van der Waals surface area contributed by atoms with Gasteiger partial charge in [0.15, 0.2) is 0 Å². The van der Waals surface area contributed by atoms with Gasteiger partial charge in [0.05, 0.1) is 30.0 Å². The Kier molecular flexibility index (Phi) is 6.42. The van der Waals surface area contributed by atoms with E-state index in [4.69, 9.17) is 0 Å². The van der Waals surface area contributed by atoms with Crippen LogP contribution in [0.25, 0.3) is 0 Å². The lowest BCUT2D eigenvalue weighted by atomic mass is 9.42. The molecule has 5 nitrogen and oxygen atoms in total. The third kappa shape index (κ3) is 3.62. The van der Waals surface area contributed by atoms with E-state index in [2.05, 4.69) is 26.8 Å². The van der Waals surface area contributed by atoms with Crippen molar-refractivity contribution in [3.05, 3.63) is 12.2 Å². The Bertz CT molecular complexity index is 723. The molecule has 4 aliphatic carbocycles. The second kappa shape index (κ2) is 8.34. The highest BCUT2D eigenvalue weighted by molar-refractivity contribution is 5.20. The van der Waals surface area contributed by atoms with Crippen LogP contribution in [0.5, 0.6) is 0 Å². The first-order valence-electron chi connectivity index (χ1n) is 13.0. The summed E-state index contributed by atoms with van der Waals surface area (Å²) in [4.78, 5) is 0. The molecule has 0 spiro atoms. The molecule has 0 aromatic heterocycles. The number of rotatable bonds is 4. The van der Waals surface area contributed by atoms with Gasteiger partial charge in [-0.25, -0.2) is 0 Å². The van der Waals surface area contributed by atoms with Crippen LogP contribution in [-0.2, 0) is 0 Å². The fourth-order valence-corrected chi connectivity index (χ4v) is 8.98. The molecule has 4 fully saturated rings. The van der Waals surface area contributed by atoms with Crippen LogP contribution in [-0.4, -0.2) is 55.5 Å². The average molecular weight is 451 g/mol. The maximum Gasteiger partial charge on any atom is 0.0763 e. The molecule has 0 bridgehead atoms. The van der Waals surface area contributed by atoms with Crippen molar-refractivity contribution in [2.45, 2.75) is 110 Å². The number of allylic oxidation sites excluding steroid dienone is 1. The van der Waals surface area contributed by atoms with E-state index in [0.29, 0.717) is 19.3 Å². The van der Waals surface area contributed by atoms with Crippen LogP contribution in [0, 0.1) is 46.3 Å². The van der Waals surface area contributed by atoms with Crippen LogP contribution in [0.1, 0.15) is 79.6 Å². The minimum Gasteiger partial charge on any atom is -0.393 e. The molecule has 12 atom stereocenters. The van der Waals surface area contributed by atoms with Crippen LogP contribution in [0.4, 0.5) is 0 Å². The molecule has 0 aromatic carbocycles. The van der Waals surface area contributed by atoms with Crippen LogP contribution in [0.15, 0.2) is 12.2 Å². The van der Waals surface area contributed by atoms with Gasteiger partial charge in [-0.1, -0.05) is 46.8 Å². The second-order valence-electron chi connectivity index (χ2n) is 12.8. The summed E-state index contributed by atoms with van der Waals surface area (Å²) in [5, 5.41) is 55.3. The first-order chi connectivity index (χ1) is 14.8. The third-order valence-corrected chi connectivity index (χ3v) is 10.7. The number of aliphatic hydroxyl groups excluding tert-OH is 4. The van der Waals surface area contributed by atoms with Gasteiger partial charge in [-0.05, 0) is 78.9 Å². The summed E-state index contributed by atoms with van der Waals surface area (Å²) in [5.41, 5.74) is -1.51. The predicted octanol–water partition coefficient (Wildman–Crippen LogP) is 3.27. The van der Waals surface area contributed by atoms with Crippen molar-refractivity contribution in [2.24, 2.45) is 46.3 Å². The van der Waals surface area contributed by atoms with Crippen molar-refractivity contribution in [3.8, 4) is 0 Å². The van der Waals surface area contributed by atoms with Gasteiger partial charge in [0.1, 0.15) is 0 Å². The number of aliphatic hydroxyl groups is 5. The molecule has 32 heavy (non-hydrogen) atoms. The predicted molar refractivity (Wildman–Crippen MR) is 125 cm³/mol. The highest BCUT2D eigenvalue weighted by Crippen LogP contribution is 2.69. The maximum atomic E-state index is 12.3. The first-order valence-corrected chi connectivity index (χ1v) is 13.0. The van der Waals surface area contributed by atoms with Crippen LogP contribution in [0.2, 0.25) is 0 Å². The molecule has 5 heteroatoms. The maximum absolute atomic E-state index is 12.3. The fourth-order valence-electron chi connectivity index (χ4n) is 8.98. The van der Waals surface area contributed by atoms with Crippen LogP contribution < -0.4 is 0 Å². The quantitative estimate of drug-likeness (QED) is 0.423. The molecule has 184 valence electrons. The van der Waals surface area contributed by atoms with E-state index in [1.165, 1.54) is 0 Å². The molecule has 0 radical (unpaired) electrons. The van der Waals surface area contributed by atoms with Gasteiger partial charge in [0.2, 0.25) is 0 Å². The minimum absolute atomic E-state index is 0.00889. The Morgan fingerprint density at radius 3 is 2.19 bits per heavy atom. The molecule has 4 saturated carbocycles. The fraction of sp³-hybridized carbons (Fsp3) is 0.926. The minimum atomic E-state index is -1.09. The lowest BCUT2D eigenvalue weighted by Gasteiger charge is -2.66. The Hall–Kier alpha value is -0.460. The zero-order chi connectivity index (χ0) is 23.6. The highest BCUT2D eigenvalue weighted by atomic mass is 16.3. The SMILES string of the molecule is CC(C)C(O)/C=C/[C@@H](C)[C@H]1C[C@H](O)[C@@H]2[C@]1(C)CC[C@@H]1[C@@]3(C)CC[C@H](O)C[C@@H]3[C@@H](O)C[C@]12O. The Labute approximate surface area is 193 Å². The number of hydrogen-bond donors (Lipinski definition) is 5. The smallest absolute Gasteiger partial charge is 0.0763 e. The van der Waals surface area contributed by atoms with Crippen molar-refractivity contribution < 1.29 is 25.5 Å². The normalized spacial score (nSPS) is 53.0. The van der Waals surface area contributed by atoms with Gasteiger partial charge >= 0.3 is 0 Å². The van der Waals surface area contributed by atoms with Crippen molar-refractivity contribution in [1.82, 2.24) is 0 Å². The zero-order valence-electron chi connectivity index (χ0n) is 20.6. The second-order valence-corrected chi connectivity index (χ2v) is 12.8. The lowest BCUT2D eigenvalue weighted by Crippen LogP contribution is -2.68. The van der Waals surface area contributed by atoms with E-state index in [-0.39, 0.29) is 52.4 Å². The molecule has 0 saturated heterocycles. The summed E-state index contributed by atoms with van der Waals surface area (Å²) in [6, 6.07) is 0. The van der Waals surface area contributed by atoms with Gasteiger partial charge < -0.3 is 25.5 Å². The number of fused-ring (bicyclic) bond motifs is 5. The molecular formula is C27H46O5. The summed E-state index contributed by atoms with van der Waals surface area (Å²) in [5.74, 6) is 0.363. The van der Waals surface area contributed by atoms with Crippen LogP contribution >= 0.6 is 0 Å². The summed E-state index contributed by atoms with van der Waals surface area (Å²) >= 11 is 0. The molecule has 1 unspecified atom stereocenters. The van der Waals surface area contributed by atoms with E-state index < -0.39 is 23.9 Å². The van der Waals surface area contributed by atoms with Gasteiger partial charge in [0, 0.05) is 12.3 Å². The first kappa shape index (κ1) is 24.7. The van der Waals surface area contributed by atoms with E-state index in [0.717, 1.165) is 25.7 Å². The number of hydrogen-bond acceptors (Lipinski definition) is 5. The summed E-state index contributed by atoms with van der Waals surface area (Å²) < 4.78 is 0. The standard InChI is InChI=1S/C27H46O5/c1-15(2)20(29)7-6-16(3)18-13-21(30)24-26(18,5)11-9-23-25(4)10-8-17(28)12-19(25)22(31)14-27(23,24)32/h6-7,15-24,28-32H,8-14H2,1-5H3/b7-6+/t16-,17+,18-,19-,20?,21+,22+,23-,24-,25+,26-,27+/m1/s1. The van der Waals surface area contributed by atoms with Gasteiger partial charge in [-0.3, -0.25) is 0 Å². The van der Waals surface area contributed by atoms with Gasteiger partial charge in [-0.2, -0.15) is 0 Å². The molecule has 0 heterocycles. The molecule has 4 rings (SSSR count). The highest BCUT2D eigenvalue weighted by Gasteiger charge is 2.70. The molecule has 0 aliphatic heterocycles. The molecule has 0 aromatic rings. The molecule has 5 N–H and O–H groups in total. The van der Waals surface area contributed by atoms with E-state index >= 15 is 0 Å². The van der Waals surface area contributed by atoms with E-state index in [1.54, 1.807) is 0 Å². The lowest BCUT2D eigenvalue weighted by molar-refractivity contribution is -0.263. The molecule has 0 amide bonds. The third-order valence-electron chi connectivity index (χ3n) is 10.7. The van der Waals surface area contributed by atoms with Crippen molar-refractivity contribution in [3.63, 3.8) is 0 Å². The topological polar surface area (TPSA) is 101 Å². The van der Waals surface area contributed by atoms with Gasteiger partial charge in [0.25, 0.3) is 0 Å². The largest absolute Gasteiger partial charge is 0.393 e. The van der Waals surface area contributed by atoms with Crippen LogP contribution in [0.3, 0.4) is 0 Å². The van der Waals surface area contributed by atoms with Crippen molar-refractivity contribution in [1.29, 1.82) is 0 Å². The van der Waals surface area contributed by atoms with E-state index in [1.807, 2.05) is 19.9 Å². The van der Waals surface area contributed by atoms with E-state index in [9.17, 15) is 25.5 Å². The average Bonchev–Trinajstić information content (AvgIpc) is 2.98. The molecular weight excluding hydrogens is 404 g/mol. The Morgan fingerprint density at radius 1 is 0.875 bits per heavy atom. The summed E-state index contributed by atoms with van der Waals surface area (Å²) in [6.45, 7) is 10.6. The monoisotopic (exact) mass is 450 g/mol. The summed E-state index contributed by atoms with van der Waals surface area (Å²) in [7, 11) is 0. The van der Waals surface area contributed by atoms with Crippen molar-refractivity contribution in [2.75, 3.05) is 0 Å². The van der Waals surface area contributed by atoms with Crippen molar-refractivity contribution >= 4 is 0 Å². The molecule has 4 aliphatic rings. The summed E-state index contributed by atoms with van der Waals surface area (Å²) in [6.07, 6.45) is 6.86.